The first kappa shape index (κ1) is 17.7. The molecule has 0 radical (unpaired) electrons. The van der Waals surface area contributed by atoms with Crippen LogP contribution >= 0.6 is 11.6 Å². The molecule has 4 nitrogen and oxygen atoms in total. The molecule has 2 heterocycles. The van der Waals surface area contributed by atoms with E-state index in [0.717, 1.165) is 22.5 Å². The van der Waals surface area contributed by atoms with Gasteiger partial charge in [-0.1, -0.05) is 48.0 Å². The summed E-state index contributed by atoms with van der Waals surface area (Å²) in [7, 11) is 1.93. The van der Waals surface area contributed by atoms with Gasteiger partial charge in [0.25, 0.3) is 5.91 Å². The minimum atomic E-state index is -0.582. The van der Waals surface area contributed by atoms with Crippen LogP contribution in [-0.2, 0) is 19.9 Å². The monoisotopic (exact) mass is 383 g/mol. The van der Waals surface area contributed by atoms with Gasteiger partial charge < -0.3 is 4.90 Å². The molecule has 2 aromatic carbocycles. The van der Waals surface area contributed by atoms with E-state index in [1.54, 1.807) is 11.0 Å². The Balaban J connectivity index is 1.64. The smallest absolute Gasteiger partial charge is 0.258 e. The number of halogens is 2. The van der Waals surface area contributed by atoms with E-state index in [4.69, 9.17) is 16.7 Å². The lowest BCUT2D eigenvalue weighted by molar-refractivity contribution is 0.0758. The Bertz CT molecular complexity index is 980. The second kappa shape index (κ2) is 7.16. The second-order valence-electron chi connectivity index (χ2n) is 6.65. The average molecular weight is 384 g/mol. The Labute approximate surface area is 162 Å². The standard InChI is InChI=1S/C21H19ClFN3O/c1-25-18-11-13-26(21(27)19-16(22)8-5-9-17(19)23)12-10-15(18)20(24-25)14-6-3-2-4-7-14/h2-9H,10-13H2,1H3. The van der Waals surface area contributed by atoms with E-state index in [0.29, 0.717) is 25.9 Å². The molecule has 0 bridgehead atoms. The van der Waals surface area contributed by atoms with E-state index in [1.165, 1.54) is 12.1 Å². The Hall–Kier alpha value is -2.66. The fourth-order valence-electron chi connectivity index (χ4n) is 3.67. The van der Waals surface area contributed by atoms with Gasteiger partial charge in [0.2, 0.25) is 0 Å². The predicted molar refractivity (Wildman–Crippen MR) is 103 cm³/mol. The summed E-state index contributed by atoms with van der Waals surface area (Å²) in [5.74, 6) is -0.943. The number of aromatic nitrogens is 2. The normalized spacial score (nSPS) is 14.0. The molecule has 1 aliphatic rings. The molecule has 27 heavy (non-hydrogen) atoms. The highest BCUT2D eigenvalue weighted by molar-refractivity contribution is 6.33. The molecule has 0 atom stereocenters. The van der Waals surface area contributed by atoms with Gasteiger partial charge in [-0.2, -0.15) is 5.10 Å². The minimum absolute atomic E-state index is 0.0495. The van der Waals surface area contributed by atoms with Gasteiger partial charge in [-0.05, 0) is 18.6 Å². The highest BCUT2D eigenvalue weighted by atomic mass is 35.5. The molecule has 0 unspecified atom stereocenters. The summed E-state index contributed by atoms with van der Waals surface area (Å²) in [4.78, 5) is 14.6. The first-order chi connectivity index (χ1) is 13.1. The van der Waals surface area contributed by atoms with Crippen LogP contribution in [0.2, 0.25) is 5.02 Å². The van der Waals surface area contributed by atoms with Gasteiger partial charge in [-0.15, -0.1) is 0 Å². The Morgan fingerprint density at radius 2 is 1.81 bits per heavy atom. The van der Waals surface area contributed by atoms with Gasteiger partial charge in [-0.25, -0.2) is 4.39 Å². The summed E-state index contributed by atoms with van der Waals surface area (Å²) in [5, 5.41) is 4.84. The second-order valence-corrected chi connectivity index (χ2v) is 7.06. The van der Waals surface area contributed by atoms with Crippen molar-refractivity contribution in [2.45, 2.75) is 12.8 Å². The zero-order valence-corrected chi connectivity index (χ0v) is 15.7. The zero-order chi connectivity index (χ0) is 19.0. The molecule has 0 spiro atoms. The van der Waals surface area contributed by atoms with Gasteiger partial charge in [-0.3, -0.25) is 9.48 Å². The topological polar surface area (TPSA) is 38.1 Å². The van der Waals surface area contributed by atoms with Gasteiger partial charge in [0.15, 0.2) is 0 Å². The number of rotatable bonds is 2. The van der Waals surface area contributed by atoms with Crippen molar-refractivity contribution >= 4 is 17.5 Å². The molecule has 0 fully saturated rings. The van der Waals surface area contributed by atoms with Crippen molar-refractivity contribution in [2.75, 3.05) is 13.1 Å². The largest absolute Gasteiger partial charge is 0.338 e. The number of hydrogen-bond donors (Lipinski definition) is 0. The SMILES string of the molecule is Cn1nc(-c2ccccc2)c2c1CCN(C(=O)c1c(F)cccc1Cl)CC2. The van der Waals surface area contributed by atoms with Gasteiger partial charge in [0.1, 0.15) is 5.82 Å². The van der Waals surface area contributed by atoms with Crippen molar-refractivity contribution in [3.8, 4) is 11.3 Å². The molecule has 1 aromatic heterocycles. The molecule has 1 aliphatic heterocycles. The van der Waals surface area contributed by atoms with E-state index < -0.39 is 5.82 Å². The average Bonchev–Trinajstić information content (AvgIpc) is 2.84. The maximum Gasteiger partial charge on any atom is 0.258 e. The van der Waals surface area contributed by atoms with Crippen LogP contribution in [0.4, 0.5) is 4.39 Å². The van der Waals surface area contributed by atoms with Crippen LogP contribution in [0.25, 0.3) is 11.3 Å². The molecule has 138 valence electrons. The molecule has 0 saturated carbocycles. The van der Waals surface area contributed by atoms with Crippen LogP contribution in [0.5, 0.6) is 0 Å². The minimum Gasteiger partial charge on any atom is -0.338 e. The number of nitrogens with zero attached hydrogens (tertiary/aromatic N) is 3. The number of aryl methyl sites for hydroxylation is 1. The molecule has 4 rings (SSSR count). The zero-order valence-electron chi connectivity index (χ0n) is 15.0. The van der Waals surface area contributed by atoms with E-state index >= 15 is 0 Å². The molecule has 0 N–H and O–H groups in total. The fourth-order valence-corrected chi connectivity index (χ4v) is 3.91. The summed E-state index contributed by atoms with van der Waals surface area (Å²) in [6.07, 6.45) is 1.34. The highest BCUT2D eigenvalue weighted by Crippen LogP contribution is 2.29. The first-order valence-corrected chi connectivity index (χ1v) is 9.27. The van der Waals surface area contributed by atoms with Crippen LogP contribution in [0.3, 0.4) is 0 Å². The van der Waals surface area contributed by atoms with E-state index in [-0.39, 0.29) is 16.5 Å². The Morgan fingerprint density at radius 1 is 1.07 bits per heavy atom. The number of carbonyl (C=O) groups excluding carboxylic acids is 1. The van der Waals surface area contributed by atoms with Crippen LogP contribution in [0.1, 0.15) is 21.6 Å². The first-order valence-electron chi connectivity index (χ1n) is 8.89. The molecule has 0 saturated heterocycles. The van der Waals surface area contributed by atoms with Gasteiger partial charge in [0.05, 0.1) is 16.3 Å². The van der Waals surface area contributed by atoms with Crippen LogP contribution in [0.15, 0.2) is 48.5 Å². The van der Waals surface area contributed by atoms with E-state index in [9.17, 15) is 9.18 Å². The highest BCUT2D eigenvalue weighted by Gasteiger charge is 2.27. The summed E-state index contributed by atoms with van der Waals surface area (Å²) in [6, 6.07) is 14.3. The summed E-state index contributed by atoms with van der Waals surface area (Å²) in [5.41, 5.74) is 4.23. The van der Waals surface area contributed by atoms with Gasteiger partial charge in [0, 0.05) is 43.4 Å². The van der Waals surface area contributed by atoms with Crippen LogP contribution < -0.4 is 0 Å². The van der Waals surface area contributed by atoms with E-state index in [2.05, 4.69) is 0 Å². The van der Waals surface area contributed by atoms with Crippen molar-refractivity contribution in [2.24, 2.45) is 7.05 Å². The number of benzene rings is 2. The number of amides is 1. The fraction of sp³-hybridized carbons (Fsp3) is 0.238. The summed E-state index contributed by atoms with van der Waals surface area (Å²) < 4.78 is 16.1. The Morgan fingerprint density at radius 3 is 2.56 bits per heavy atom. The van der Waals surface area contributed by atoms with Crippen molar-refractivity contribution in [3.05, 3.63) is 76.2 Å². The van der Waals surface area contributed by atoms with Crippen molar-refractivity contribution in [3.63, 3.8) is 0 Å². The van der Waals surface area contributed by atoms with E-state index in [1.807, 2.05) is 42.1 Å². The lowest BCUT2D eigenvalue weighted by Gasteiger charge is -2.21. The van der Waals surface area contributed by atoms with Crippen molar-refractivity contribution in [1.29, 1.82) is 0 Å². The third kappa shape index (κ3) is 3.23. The number of fused-ring (bicyclic) bond motifs is 1. The van der Waals surface area contributed by atoms with Crippen LogP contribution in [-0.4, -0.2) is 33.7 Å². The van der Waals surface area contributed by atoms with Crippen molar-refractivity contribution in [1.82, 2.24) is 14.7 Å². The van der Waals surface area contributed by atoms with Crippen LogP contribution in [0, 0.1) is 5.82 Å². The number of carbonyl (C=O) groups is 1. The Kier molecular flexibility index (Phi) is 4.70. The van der Waals surface area contributed by atoms with Crippen molar-refractivity contribution < 1.29 is 9.18 Å². The number of hydrogen-bond acceptors (Lipinski definition) is 2. The molecule has 3 aromatic rings. The maximum atomic E-state index is 14.2. The molecule has 1 amide bonds. The lowest BCUT2D eigenvalue weighted by atomic mass is 10.0. The summed E-state index contributed by atoms with van der Waals surface area (Å²) in [6.45, 7) is 1.01. The third-order valence-corrected chi connectivity index (χ3v) is 5.35. The molecular weight excluding hydrogens is 365 g/mol. The predicted octanol–water partition coefficient (Wildman–Crippen LogP) is 4.12. The summed E-state index contributed by atoms with van der Waals surface area (Å²) >= 11 is 6.08. The molecule has 6 heteroatoms. The quantitative estimate of drug-likeness (QED) is 0.667. The molecular formula is C21H19ClFN3O. The molecule has 0 aliphatic carbocycles. The maximum absolute atomic E-state index is 14.2. The third-order valence-electron chi connectivity index (χ3n) is 5.04. The lowest BCUT2D eigenvalue weighted by Crippen LogP contribution is -2.34. The van der Waals surface area contributed by atoms with Gasteiger partial charge >= 0.3 is 0 Å².